The number of aromatic nitrogens is 2. The van der Waals surface area contributed by atoms with Crippen molar-refractivity contribution in [2.45, 2.75) is 39.5 Å². The van der Waals surface area contributed by atoms with Gasteiger partial charge in [0.25, 0.3) is 5.13 Å². The van der Waals surface area contributed by atoms with Gasteiger partial charge in [-0.15, -0.1) is 20.4 Å². The van der Waals surface area contributed by atoms with Gasteiger partial charge in [-0.05, 0) is 55.8 Å². The van der Waals surface area contributed by atoms with Crippen molar-refractivity contribution in [2.75, 3.05) is 0 Å². The Morgan fingerprint density at radius 3 is 2.52 bits per heavy atom. The molecule has 5 nitrogen and oxygen atoms in total. The van der Waals surface area contributed by atoms with Gasteiger partial charge in [-0.25, -0.2) is 0 Å². The molecule has 0 saturated carbocycles. The lowest BCUT2D eigenvalue weighted by atomic mass is 10.1. The molecule has 2 aromatic carbocycles. The molecule has 3 rings (SSSR count). The van der Waals surface area contributed by atoms with E-state index in [1.807, 2.05) is 25.1 Å². The molecule has 27 heavy (non-hydrogen) atoms. The monoisotopic (exact) mass is 377 g/mol. The minimum atomic E-state index is 0.544. The number of azo groups is 1. The average Bonchev–Trinajstić information content (AvgIpc) is 3.17. The Morgan fingerprint density at radius 1 is 1.00 bits per heavy atom. The molecule has 0 radical (unpaired) electrons. The first-order valence-corrected chi connectivity index (χ1v) is 9.93. The Morgan fingerprint density at radius 2 is 1.81 bits per heavy atom. The van der Waals surface area contributed by atoms with Gasteiger partial charge in [0.15, 0.2) is 0 Å². The third kappa shape index (κ3) is 5.14. The molecule has 6 heteroatoms. The molecule has 0 bridgehead atoms. The zero-order valence-corrected chi connectivity index (χ0v) is 16.5. The van der Waals surface area contributed by atoms with Crippen LogP contribution in [-0.2, 0) is 6.42 Å². The van der Waals surface area contributed by atoms with Gasteiger partial charge in [-0.2, -0.15) is 0 Å². The van der Waals surface area contributed by atoms with E-state index in [0.717, 1.165) is 33.9 Å². The lowest BCUT2D eigenvalue weighted by molar-refractivity contribution is 0.717. The summed E-state index contributed by atoms with van der Waals surface area (Å²) >= 11 is 1.43. The third-order valence-corrected chi connectivity index (χ3v) is 5.15. The predicted octanol–water partition coefficient (Wildman–Crippen LogP) is 6.99. The molecule has 0 aliphatic heterocycles. The van der Waals surface area contributed by atoms with Crippen molar-refractivity contribution in [3.05, 3.63) is 53.6 Å². The average molecular weight is 378 g/mol. The van der Waals surface area contributed by atoms with Crippen molar-refractivity contribution >= 4 is 34.6 Å². The van der Waals surface area contributed by atoms with Crippen LogP contribution < -0.4 is 0 Å². The van der Waals surface area contributed by atoms with E-state index in [-0.39, 0.29) is 0 Å². The minimum Gasteiger partial charge on any atom is -0.265 e. The summed E-state index contributed by atoms with van der Waals surface area (Å²) in [6, 6.07) is 14.2. The van der Waals surface area contributed by atoms with Crippen LogP contribution >= 0.6 is 11.3 Å². The summed E-state index contributed by atoms with van der Waals surface area (Å²) < 4.78 is 0. The maximum absolute atomic E-state index is 4.29. The van der Waals surface area contributed by atoms with Crippen LogP contribution in [0.3, 0.4) is 0 Å². The summed E-state index contributed by atoms with van der Waals surface area (Å²) in [5.41, 5.74) is 5.03. The van der Waals surface area contributed by atoms with Crippen molar-refractivity contribution in [1.29, 1.82) is 0 Å². The van der Waals surface area contributed by atoms with Gasteiger partial charge in [0.2, 0.25) is 0 Å². The number of hydrogen-bond acceptors (Lipinski definition) is 6. The van der Waals surface area contributed by atoms with E-state index < -0.39 is 0 Å². The van der Waals surface area contributed by atoms with Gasteiger partial charge in [0, 0.05) is 5.56 Å². The highest BCUT2D eigenvalue weighted by Crippen LogP contribution is 2.30. The van der Waals surface area contributed by atoms with Gasteiger partial charge in [0.1, 0.15) is 5.01 Å². The van der Waals surface area contributed by atoms with Crippen LogP contribution in [0.5, 0.6) is 0 Å². The number of rotatable bonds is 8. The molecule has 0 spiro atoms. The molecule has 0 fully saturated rings. The summed E-state index contributed by atoms with van der Waals surface area (Å²) in [7, 11) is 0. The SMILES string of the molecule is C=Nc1ccc(/N=N/c2nnc(-c3ccc(CCCCC)cc3)s2)c(C)c1. The fourth-order valence-corrected chi connectivity index (χ4v) is 3.38. The van der Waals surface area contributed by atoms with Crippen LogP contribution in [0.25, 0.3) is 10.6 Å². The fraction of sp³-hybridized carbons (Fsp3) is 0.286. The Labute approximate surface area is 163 Å². The molecule has 1 heterocycles. The van der Waals surface area contributed by atoms with E-state index in [1.165, 1.54) is 36.2 Å². The van der Waals surface area contributed by atoms with Crippen LogP contribution in [0.2, 0.25) is 0 Å². The molecule has 0 amide bonds. The molecule has 0 aliphatic carbocycles. The highest BCUT2D eigenvalue weighted by Gasteiger charge is 2.07. The van der Waals surface area contributed by atoms with E-state index in [1.54, 1.807) is 0 Å². The van der Waals surface area contributed by atoms with Gasteiger partial charge < -0.3 is 0 Å². The number of benzene rings is 2. The van der Waals surface area contributed by atoms with Crippen molar-refractivity contribution in [1.82, 2.24) is 10.2 Å². The van der Waals surface area contributed by atoms with E-state index >= 15 is 0 Å². The highest BCUT2D eigenvalue weighted by molar-refractivity contribution is 7.18. The number of aryl methyl sites for hydroxylation is 2. The first-order valence-electron chi connectivity index (χ1n) is 9.11. The topological polar surface area (TPSA) is 62.9 Å². The summed E-state index contributed by atoms with van der Waals surface area (Å²) in [5.74, 6) is 0. The van der Waals surface area contributed by atoms with Crippen molar-refractivity contribution in [3.63, 3.8) is 0 Å². The highest BCUT2D eigenvalue weighted by atomic mass is 32.1. The maximum atomic E-state index is 4.29. The first-order chi connectivity index (χ1) is 13.2. The first kappa shape index (κ1) is 19.0. The van der Waals surface area contributed by atoms with E-state index in [4.69, 9.17) is 0 Å². The van der Waals surface area contributed by atoms with Crippen LogP contribution in [-0.4, -0.2) is 16.9 Å². The summed E-state index contributed by atoms with van der Waals surface area (Å²) in [4.78, 5) is 3.91. The lowest BCUT2D eigenvalue weighted by Crippen LogP contribution is -1.85. The number of nitrogens with zero attached hydrogens (tertiary/aromatic N) is 5. The maximum Gasteiger partial charge on any atom is 0.252 e. The second kappa shape index (κ2) is 9.28. The Bertz CT molecular complexity index is 928. The van der Waals surface area contributed by atoms with Crippen LogP contribution in [0.4, 0.5) is 16.5 Å². The molecule has 1 aromatic heterocycles. The second-order valence-corrected chi connectivity index (χ2v) is 7.33. The molecule has 3 aromatic rings. The van der Waals surface area contributed by atoms with Crippen LogP contribution in [0.1, 0.15) is 37.3 Å². The Balaban J connectivity index is 1.68. The van der Waals surface area contributed by atoms with Gasteiger partial charge in [-0.1, -0.05) is 55.4 Å². The zero-order chi connectivity index (χ0) is 19.1. The van der Waals surface area contributed by atoms with E-state index in [0.29, 0.717) is 5.13 Å². The molecule has 0 aliphatic rings. The quantitative estimate of drug-likeness (QED) is 0.241. The smallest absolute Gasteiger partial charge is 0.252 e. The lowest BCUT2D eigenvalue weighted by Gasteiger charge is -2.01. The van der Waals surface area contributed by atoms with Gasteiger partial charge >= 0.3 is 0 Å². The molecule has 0 atom stereocenters. The molecule has 0 unspecified atom stereocenters. The molecular weight excluding hydrogens is 354 g/mol. The summed E-state index contributed by atoms with van der Waals surface area (Å²) in [6.45, 7) is 7.72. The standard InChI is InChI=1S/C21H23N5S/c1-4-5-6-7-16-8-10-17(11-9-16)20-24-26-21(27-20)25-23-19-13-12-18(22-3)14-15(19)2/h8-14H,3-7H2,1-2H3/b25-23+. The van der Waals surface area contributed by atoms with Crippen LogP contribution in [0, 0.1) is 6.92 Å². The molecular formula is C21H23N5S. The van der Waals surface area contributed by atoms with E-state index in [9.17, 15) is 0 Å². The third-order valence-electron chi connectivity index (χ3n) is 4.29. The van der Waals surface area contributed by atoms with Gasteiger partial charge in [-0.3, -0.25) is 4.99 Å². The van der Waals surface area contributed by atoms with E-state index in [2.05, 4.69) is 63.3 Å². The van der Waals surface area contributed by atoms with Crippen molar-refractivity contribution < 1.29 is 0 Å². The minimum absolute atomic E-state index is 0.544. The largest absolute Gasteiger partial charge is 0.265 e. The second-order valence-electron chi connectivity index (χ2n) is 6.37. The van der Waals surface area contributed by atoms with Crippen molar-refractivity contribution in [3.8, 4) is 10.6 Å². The molecule has 0 N–H and O–H groups in total. The molecule has 138 valence electrons. The zero-order valence-electron chi connectivity index (χ0n) is 15.7. The summed E-state index contributed by atoms with van der Waals surface area (Å²) in [5, 5.41) is 18.3. The molecule has 0 saturated heterocycles. The Hall–Kier alpha value is -2.73. The number of aliphatic imine (C=N–C) groups is 1. The summed E-state index contributed by atoms with van der Waals surface area (Å²) in [6.07, 6.45) is 4.89. The van der Waals surface area contributed by atoms with Crippen molar-refractivity contribution in [2.24, 2.45) is 15.2 Å². The van der Waals surface area contributed by atoms with Gasteiger partial charge in [0.05, 0.1) is 11.4 Å². The van der Waals surface area contributed by atoms with Crippen LogP contribution in [0.15, 0.2) is 57.7 Å². The predicted molar refractivity (Wildman–Crippen MR) is 113 cm³/mol. The fourth-order valence-electron chi connectivity index (χ4n) is 2.71. The normalized spacial score (nSPS) is 11.2. The number of hydrogen-bond donors (Lipinski definition) is 0. The Kier molecular flexibility index (Phi) is 6.54. The number of unbranched alkanes of at least 4 members (excludes halogenated alkanes) is 2.